The first kappa shape index (κ1) is 29.1. The lowest BCUT2D eigenvalue weighted by molar-refractivity contribution is -0.440. The third-order valence-corrected chi connectivity index (χ3v) is 4.39. The van der Waals surface area contributed by atoms with Crippen molar-refractivity contribution in [3.8, 4) is 0 Å². The molecule has 0 N–H and O–H groups in total. The van der Waals surface area contributed by atoms with Gasteiger partial charge >= 0.3 is 41.8 Å². The van der Waals surface area contributed by atoms with E-state index in [2.05, 4.69) is 4.74 Å². The Bertz CT molecular complexity index is 728. The van der Waals surface area contributed by atoms with Crippen molar-refractivity contribution >= 4 is 5.97 Å². The number of halogens is 13. The second-order valence-electron chi connectivity index (χ2n) is 6.85. The molecule has 0 aromatic heterocycles. The van der Waals surface area contributed by atoms with Gasteiger partial charge in [-0.2, -0.15) is 57.1 Å². The van der Waals surface area contributed by atoms with E-state index in [1.807, 2.05) is 0 Å². The zero-order valence-electron chi connectivity index (χ0n) is 16.4. The summed E-state index contributed by atoms with van der Waals surface area (Å²) in [4.78, 5) is 13.2. The van der Waals surface area contributed by atoms with Crippen molar-refractivity contribution in [3.05, 3.63) is 11.8 Å². The summed E-state index contributed by atoms with van der Waals surface area (Å²) >= 11 is 0. The van der Waals surface area contributed by atoms with E-state index in [-0.39, 0.29) is 18.8 Å². The second kappa shape index (κ2) is 9.37. The predicted octanol–water partition coefficient (Wildman–Crippen LogP) is 4.89. The number of alkyl halides is 13. The Morgan fingerprint density at radius 1 is 0.818 bits per heavy atom. The SMILES string of the molecule is CC(=CN1CCOCC1)C(=O)OCCC(F)(F)C(F)(F)C(F)(F)C(F)(F)C(F)(F)C(F)(F)F. The van der Waals surface area contributed by atoms with Gasteiger partial charge in [-0.25, -0.2) is 4.79 Å². The summed E-state index contributed by atoms with van der Waals surface area (Å²) in [6, 6.07) is 0. The zero-order valence-corrected chi connectivity index (χ0v) is 16.4. The molecular formula is C16H16F13NO3. The van der Waals surface area contributed by atoms with Crippen molar-refractivity contribution in [3.63, 3.8) is 0 Å². The molecule has 33 heavy (non-hydrogen) atoms. The summed E-state index contributed by atoms with van der Waals surface area (Å²) in [5.41, 5.74) is -0.270. The van der Waals surface area contributed by atoms with Gasteiger partial charge in [-0.05, 0) is 6.92 Å². The second-order valence-corrected chi connectivity index (χ2v) is 6.85. The van der Waals surface area contributed by atoms with E-state index in [4.69, 9.17) is 4.74 Å². The van der Waals surface area contributed by atoms with Gasteiger partial charge in [0.2, 0.25) is 0 Å². The Balaban J connectivity index is 2.95. The van der Waals surface area contributed by atoms with Crippen molar-refractivity contribution in [1.29, 1.82) is 0 Å². The fourth-order valence-electron chi connectivity index (χ4n) is 2.38. The van der Waals surface area contributed by atoms with Crippen LogP contribution in [0.4, 0.5) is 57.1 Å². The molecule has 0 radical (unpaired) electrons. The number of ether oxygens (including phenoxy) is 2. The number of carbonyl (C=O) groups is 1. The molecule has 17 heteroatoms. The molecular weight excluding hydrogens is 501 g/mol. The van der Waals surface area contributed by atoms with Gasteiger partial charge in [0.15, 0.2) is 0 Å². The summed E-state index contributed by atoms with van der Waals surface area (Å²) in [5.74, 6) is -38.7. The molecule has 194 valence electrons. The Labute approximate surface area is 177 Å². The maximum absolute atomic E-state index is 13.6. The number of morpholine rings is 1. The number of carbonyl (C=O) groups excluding carboxylic acids is 1. The van der Waals surface area contributed by atoms with Crippen molar-refractivity contribution in [2.75, 3.05) is 32.9 Å². The summed E-state index contributed by atoms with van der Waals surface area (Å²) in [6.45, 7) is 0.464. The minimum Gasteiger partial charge on any atom is -0.462 e. The van der Waals surface area contributed by atoms with Gasteiger partial charge in [-0.1, -0.05) is 0 Å². The summed E-state index contributed by atoms with van der Waals surface area (Å²) in [5, 5.41) is 0. The normalized spacial score (nSPS) is 17.9. The van der Waals surface area contributed by atoms with Crippen LogP contribution in [0.2, 0.25) is 0 Å². The molecule has 1 heterocycles. The molecule has 1 rings (SSSR count). The first-order valence-corrected chi connectivity index (χ1v) is 8.76. The Morgan fingerprint density at radius 2 is 1.27 bits per heavy atom. The first-order chi connectivity index (χ1) is 14.6. The topological polar surface area (TPSA) is 38.8 Å². The summed E-state index contributed by atoms with van der Waals surface area (Å²) in [7, 11) is 0. The van der Waals surface area contributed by atoms with Crippen molar-refractivity contribution < 1.29 is 71.3 Å². The predicted molar refractivity (Wildman–Crippen MR) is 82.5 cm³/mol. The van der Waals surface area contributed by atoms with Gasteiger partial charge in [0, 0.05) is 24.9 Å². The maximum atomic E-state index is 13.6. The fraction of sp³-hybridized carbons (Fsp3) is 0.812. The van der Waals surface area contributed by atoms with Gasteiger partial charge in [-0.15, -0.1) is 0 Å². The minimum absolute atomic E-state index is 0.270. The van der Waals surface area contributed by atoms with Crippen molar-refractivity contribution in [2.45, 2.75) is 49.1 Å². The molecule has 0 spiro atoms. The lowest BCUT2D eigenvalue weighted by Gasteiger charge is -2.39. The van der Waals surface area contributed by atoms with Crippen LogP contribution in [0.5, 0.6) is 0 Å². The van der Waals surface area contributed by atoms with E-state index >= 15 is 0 Å². The van der Waals surface area contributed by atoms with Gasteiger partial charge in [-0.3, -0.25) is 0 Å². The minimum atomic E-state index is -7.96. The Morgan fingerprint density at radius 3 is 1.73 bits per heavy atom. The highest BCUT2D eigenvalue weighted by Crippen LogP contribution is 2.60. The van der Waals surface area contributed by atoms with Crippen LogP contribution < -0.4 is 0 Å². The number of hydrogen-bond donors (Lipinski definition) is 0. The van der Waals surface area contributed by atoms with E-state index in [0.717, 1.165) is 6.92 Å². The average molecular weight is 517 g/mol. The fourth-order valence-corrected chi connectivity index (χ4v) is 2.38. The molecule has 0 aromatic rings. The highest BCUT2D eigenvalue weighted by atomic mass is 19.4. The zero-order chi connectivity index (χ0) is 26.1. The van der Waals surface area contributed by atoms with Gasteiger partial charge in [0.25, 0.3) is 0 Å². The van der Waals surface area contributed by atoms with E-state index < -0.39 is 54.8 Å². The molecule has 0 unspecified atom stereocenters. The lowest BCUT2D eigenvalue weighted by atomic mass is 9.93. The van der Waals surface area contributed by atoms with Crippen LogP contribution in [0, 0.1) is 0 Å². The van der Waals surface area contributed by atoms with Crippen LogP contribution in [0.1, 0.15) is 13.3 Å². The molecule has 1 aliphatic rings. The van der Waals surface area contributed by atoms with Crippen LogP contribution in [-0.4, -0.2) is 79.6 Å². The summed E-state index contributed by atoms with van der Waals surface area (Å²) in [6.07, 6.45) is -8.89. The highest BCUT2D eigenvalue weighted by molar-refractivity contribution is 5.87. The molecule has 0 atom stereocenters. The molecule has 1 aliphatic heterocycles. The molecule has 4 nitrogen and oxygen atoms in total. The van der Waals surface area contributed by atoms with E-state index in [1.54, 1.807) is 0 Å². The largest absolute Gasteiger partial charge is 0.462 e. The monoisotopic (exact) mass is 517 g/mol. The van der Waals surface area contributed by atoms with Crippen LogP contribution in [0.3, 0.4) is 0 Å². The summed E-state index contributed by atoms with van der Waals surface area (Å²) < 4.78 is 178. The van der Waals surface area contributed by atoms with Gasteiger partial charge < -0.3 is 14.4 Å². The van der Waals surface area contributed by atoms with Crippen molar-refractivity contribution in [2.24, 2.45) is 0 Å². The molecule has 0 saturated carbocycles. The molecule has 0 amide bonds. The maximum Gasteiger partial charge on any atom is 0.460 e. The Kier molecular flexibility index (Phi) is 8.26. The average Bonchev–Trinajstić information content (AvgIpc) is 2.66. The molecule has 0 aromatic carbocycles. The van der Waals surface area contributed by atoms with Crippen LogP contribution in [-0.2, 0) is 14.3 Å². The van der Waals surface area contributed by atoms with E-state index in [9.17, 15) is 61.9 Å². The van der Waals surface area contributed by atoms with Crippen LogP contribution in [0.15, 0.2) is 11.8 Å². The number of hydrogen-bond acceptors (Lipinski definition) is 4. The number of rotatable bonds is 9. The highest BCUT2D eigenvalue weighted by Gasteiger charge is 2.90. The molecule has 0 aliphatic carbocycles. The lowest BCUT2D eigenvalue weighted by Crippen LogP contribution is -2.70. The van der Waals surface area contributed by atoms with E-state index in [1.165, 1.54) is 11.1 Å². The third kappa shape index (κ3) is 5.42. The third-order valence-electron chi connectivity index (χ3n) is 4.39. The van der Waals surface area contributed by atoms with Crippen LogP contribution in [0.25, 0.3) is 0 Å². The number of esters is 1. The van der Waals surface area contributed by atoms with Gasteiger partial charge in [0.05, 0.1) is 26.2 Å². The molecule has 1 fully saturated rings. The first-order valence-electron chi connectivity index (χ1n) is 8.76. The smallest absolute Gasteiger partial charge is 0.460 e. The Hall–Kier alpha value is -1.94. The van der Waals surface area contributed by atoms with Gasteiger partial charge in [0.1, 0.15) is 0 Å². The van der Waals surface area contributed by atoms with Crippen LogP contribution >= 0.6 is 0 Å². The quantitative estimate of drug-likeness (QED) is 0.248. The standard InChI is InChI=1S/C16H16F13NO3/c1-9(8-30-3-6-32-7-4-30)10(31)33-5-2-11(17,18)12(19,20)13(21,22)14(23,24)15(25,26)16(27,28)29/h8H,2-7H2,1H3. The van der Waals surface area contributed by atoms with E-state index in [0.29, 0.717) is 13.1 Å². The number of nitrogens with zero attached hydrogens (tertiary/aromatic N) is 1. The molecule has 1 saturated heterocycles. The van der Waals surface area contributed by atoms with Crippen molar-refractivity contribution in [1.82, 2.24) is 4.90 Å². The molecule has 0 bridgehead atoms.